The molecule has 2 amide bonds. The van der Waals surface area contributed by atoms with Crippen LogP contribution in [0.25, 0.3) is 10.8 Å². The highest BCUT2D eigenvalue weighted by Gasteiger charge is 2.18. The third kappa shape index (κ3) is 4.94. The third-order valence-electron chi connectivity index (χ3n) is 5.83. The molecule has 0 aliphatic heterocycles. The number of hydrogen-bond donors (Lipinski definition) is 3. The summed E-state index contributed by atoms with van der Waals surface area (Å²) in [7, 11) is 0. The summed E-state index contributed by atoms with van der Waals surface area (Å²) in [6.07, 6.45) is 0. The number of carbonyl (C=O) groups is 2. The number of carbonyl (C=O) groups excluding carboxylic acids is 2. The molecule has 0 radical (unpaired) electrons. The number of fused-ring (bicyclic) bond motifs is 1. The Hall–Kier alpha value is -3.96. The maximum atomic E-state index is 13.1. The molecule has 0 aromatic heterocycles. The van der Waals surface area contributed by atoms with E-state index in [1.165, 1.54) is 0 Å². The molecule has 5 heteroatoms. The summed E-state index contributed by atoms with van der Waals surface area (Å²) >= 11 is 0. The van der Waals surface area contributed by atoms with E-state index >= 15 is 0 Å². The number of hydrogen-bond acceptors (Lipinski definition) is 3. The number of aryl methyl sites for hydroxylation is 1. The Morgan fingerprint density at radius 2 is 1.55 bits per heavy atom. The smallest absolute Gasteiger partial charge is 0.252 e. The molecule has 0 aliphatic rings. The van der Waals surface area contributed by atoms with Crippen molar-refractivity contribution in [2.24, 2.45) is 5.73 Å². The Balaban J connectivity index is 1.51. The molecule has 0 saturated heterocycles. The second kappa shape index (κ2) is 9.67. The topological polar surface area (TPSA) is 84.2 Å². The predicted molar refractivity (Wildman–Crippen MR) is 133 cm³/mol. The summed E-state index contributed by atoms with van der Waals surface area (Å²) < 4.78 is 0. The molecule has 0 heterocycles. The van der Waals surface area contributed by atoms with Gasteiger partial charge in [-0.25, -0.2) is 0 Å². The Kier molecular flexibility index (Phi) is 6.52. The van der Waals surface area contributed by atoms with Crippen molar-refractivity contribution < 1.29 is 9.59 Å². The van der Waals surface area contributed by atoms with Gasteiger partial charge in [-0.1, -0.05) is 78.9 Å². The number of nitrogens with two attached hydrogens (primary N) is 1. The second-order valence-electron chi connectivity index (χ2n) is 8.17. The van der Waals surface area contributed by atoms with Crippen LogP contribution in [0.15, 0.2) is 91.0 Å². The van der Waals surface area contributed by atoms with E-state index in [2.05, 4.69) is 28.8 Å². The number of amides is 2. The summed E-state index contributed by atoms with van der Waals surface area (Å²) in [6, 6.07) is 27.7. The van der Waals surface area contributed by atoms with Crippen molar-refractivity contribution in [2.45, 2.75) is 25.9 Å². The van der Waals surface area contributed by atoms with Gasteiger partial charge in [0.25, 0.3) is 5.91 Å². The Morgan fingerprint density at radius 1 is 0.848 bits per heavy atom. The largest absolute Gasteiger partial charge is 0.345 e. The first-order chi connectivity index (χ1) is 15.9. The van der Waals surface area contributed by atoms with Crippen LogP contribution in [0.4, 0.5) is 5.69 Å². The molecule has 0 bridgehead atoms. The molecule has 166 valence electrons. The fourth-order valence-electron chi connectivity index (χ4n) is 3.96. The zero-order valence-electron chi connectivity index (χ0n) is 18.7. The molecule has 4 aromatic carbocycles. The molecule has 4 rings (SSSR count). The maximum Gasteiger partial charge on any atom is 0.252 e. The average molecular weight is 438 g/mol. The van der Waals surface area contributed by atoms with Crippen molar-refractivity contribution in [3.8, 4) is 0 Å². The van der Waals surface area contributed by atoms with Gasteiger partial charge in [-0.2, -0.15) is 0 Å². The van der Waals surface area contributed by atoms with E-state index in [-0.39, 0.29) is 17.9 Å². The van der Waals surface area contributed by atoms with E-state index in [1.54, 1.807) is 12.1 Å². The lowest BCUT2D eigenvalue weighted by Crippen LogP contribution is -2.29. The van der Waals surface area contributed by atoms with Crippen LogP contribution in [-0.2, 0) is 4.79 Å². The van der Waals surface area contributed by atoms with Crippen molar-refractivity contribution in [1.82, 2.24) is 5.32 Å². The van der Waals surface area contributed by atoms with E-state index < -0.39 is 6.04 Å². The van der Waals surface area contributed by atoms with Crippen molar-refractivity contribution in [3.63, 3.8) is 0 Å². The van der Waals surface area contributed by atoms with Crippen LogP contribution in [0.5, 0.6) is 0 Å². The lowest BCUT2D eigenvalue weighted by Gasteiger charge is -2.18. The van der Waals surface area contributed by atoms with Gasteiger partial charge in [0.2, 0.25) is 5.91 Å². The molecule has 4 N–H and O–H groups in total. The van der Waals surface area contributed by atoms with Gasteiger partial charge in [0, 0.05) is 11.3 Å². The van der Waals surface area contributed by atoms with Gasteiger partial charge >= 0.3 is 0 Å². The van der Waals surface area contributed by atoms with Crippen molar-refractivity contribution >= 4 is 28.3 Å². The monoisotopic (exact) mass is 437 g/mol. The molecule has 0 aliphatic carbocycles. The van der Waals surface area contributed by atoms with Gasteiger partial charge in [0.05, 0.1) is 6.04 Å². The Morgan fingerprint density at radius 3 is 2.33 bits per heavy atom. The highest BCUT2D eigenvalue weighted by atomic mass is 16.2. The van der Waals surface area contributed by atoms with Crippen LogP contribution in [0.3, 0.4) is 0 Å². The fraction of sp³-hybridized carbons (Fsp3) is 0.143. The van der Waals surface area contributed by atoms with Crippen LogP contribution >= 0.6 is 0 Å². The summed E-state index contributed by atoms with van der Waals surface area (Å²) in [5, 5.41) is 8.17. The summed E-state index contributed by atoms with van der Waals surface area (Å²) in [6.45, 7) is 3.85. The van der Waals surface area contributed by atoms with Crippen LogP contribution in [-0.4, -0.2) is 11.8 Å². The van der Waals surface area contributed by atoms with E-state index in [0.717, 1.165) is 27.5 Å². The normalized spacial score (nSPS) is 12.7. The number of rotatable bonds is 6. The molecule has 0 saturated carbocycles. The number of anilines is 1. The van der Waals surface area contributed by atoms with Crippen molar-refractivity contribution in [1.29, 1.82) is 0 Å². The van der Waals surface area contributed by atoms with Crippen LogP contribution in [0.2, 0.25) is 0 Å². The number of benzene rings is 4. The second-order valence-corrected chi connectivity index (χ2v) is 8.17. The van der Waals surface area contributed by atoms with Gasteiger partial charge < -0.3 is 16.4 Å². The van der Waals surface area contributed by atoms with E-state index in [4.69, 9.17) is 5.73 Å². The SMILES string of the molecule is Cc1ccc(NC(=O)[C@H](N)c2ccccc2)cc1C(=O)N[C@H](C)c1cccc2ccccc12. The van der Waals surface area contributed by atoms with Crippen molar-refractivity contribution in [2.75, 3.05) is 5.32 Å². The molecule has 0 fully saturated rings. The summed E-state index contributed by atoms with van der Waals surface area (Å²) in [4.78, 5) is 25.8. The molecule has 0 unspecified atom stereocenters. The molecule has 4 aromatic rings. The Bertz CT molecular complexity index is 1300. The quantitative estimate of drug-likeness (QED) is 0.384. The first-order valence-corrected chi connectivity index (χ1v) is 10.9. The van der Waals surface area contributed by atoms with Gasteiger partial charge in [-0.15, -0.1) is 0 Å². The lowest BCUT2D eigenvalue weighted by molar-refractivity contribution is -0.117. The Labute approximate surface area is 193 Å². The summed E-state index contributed by atoms with van der Waals surface area (Å²) in [5.74, 6) is -0.531. The standard InChI is InChI=1S/C28H27N3O2/c1-18-15-16-22(31-28(33)26(29)21-10-4-3-5-11-21)17-25(18)27(32)30-19(2)23-14-8-12-20-9-6-7-13-24(20)23/h3-17,19,26H,29H2,1-2H3,(H,30,32)(H,31,33)/t19-,26-/m1/s1. The highest BCUT2D eigenvalue weighted by Crippen LogP contribution is 2.25. The van der Waals surface area contributed by atoms with E-state index in [1.807, 2.05) is 74.5 Å². The van der Waals surface area contributed by atoms with Gasteiger partial charge in [0.1, 0.15) is 6.04 Å². The molecular formula is C28H27N3O2. The van der Waals surface area contributed by atoms with Gasteiger partial charge in [-0.05, 0) is 53.4 Å². The molecule has 0 spiro atoms. The van der Waals surface area contributed by atoms with Crippen LogP contribution in [0.1, 0.15) is 46.1 Å². The minimum absolute atomic E-state index is 0.187. The van der Waals surface area contributed by atoms with E-state index in [0.29, 0.717) is 11.3 Å². The van der Waals surface area contributed by atoms with Gasteiger partial charge in [0.15, 0.2) is 0 Å². The zero-order valence-corrected chi connectivity index (χ0v) is 18.7. The number of nitrogens with one attached hydrogen (secondary N) is 2. The molecule has 5 nitrogen and oxygen atoms in total. The molecule has 33 heavy (non-hydrogen) atoms. The molecular weight excluding hydrogens is 410 g/mol. The van der Waals surface area contributed by atoms with Crippen LogP contribution < -0.4 is 16.4 Å². The lowest BCUT2D eigenvalue weighted by atomic mass is 9.99. The zero-order chi connectivity index (χ0) is 23.4. The fourth-order valence-corrected chi connectivity index (χ4v) is 3.96. The predicted octanol–water partition coefficient (Wildman–Crippen LogP) is 5.28. The first kappa shape index (κ1) is 22.2. The van der Waals surface area contributed by atoms with Gasteiger partial charge in [-0.3, -0.25) is 9.59 Å². The van der Waals surface area contributed by atoms with E-state index in [9.17, 15) is 9.59 Å². The molecule has 2 atom stereocenters. The minimum atomic E-state index is -0.795. The average Bonchev–Trinajstić information content (AvgIpc) is 2.84. The summed E-state index contributed by atoms with van der Waals surface area (Å²) in [5.41, 5.74) is 9.74. The maximum absolute atomic E-state index is 13.1. The van der Waals surface area contributed by atoms with Crippen LogP contribution in [0, 0.1) is 6.92 Å². The first-order valence-electron chi connectivity index (χ1n) is 10.9. The van der Waals surface area contributed by atoms with Crippen molar-refractivity contribution in [3.05, 3.63) is 113 Å². The minimum Gasteiger partial charge on any atom is -0.345 e. The third-order valence-corrected chi connectivity index (χ3v) is 5.83. The highest BCUT2D eigenvalue weighted by molar-refractivity contribution is 6.00.